The van der Waals surface area contributed by atoms with Gasteiger partial charge in [-0.3, -0.25) is 9.48 Å². The fraction of sp³-hybridized carbons (Fsp3) is 0.692. The molecule has 2 rings (SSSR count). The minimum atomic E-state index is 0.344. The minimum absolute atomic E-state index is 0.344. The number of hydrogen-bond acceptors (Lipinski definition) is 3. The molecule has 0 aliphatic carbocycles. The van der Waals surface area contributed by atoms with E-state index < -0.39 is 0 Å². The van der Waals surface area contributed by atoms with Gasteiger partial charge in [0.2, 0.25) is 0 Å². The van der Waals surface area contributed by atoms with Gasteiger partial charge in [0, 0.05) is 26.1 Å². The van der Waals surface area contributed by atoms with Crippen molar-refractivity contribution in [2.45, 2.75) is 32.1 Å². The van der Waals surface area contributed by atoms with Gasteiger partial charge < -0.3 is 5.32 Å². The van der Waals surface area contributed by atoms with Crippen LogP contribution in [0.25, 0.3) is 0 Å². The van der Waals surface area contributed by atoms with Gasteiger partial charge in [-0.1, -0.05) is 0 Å². The van der Waals surface area contributed by atoms with Gasteiger partial charge in [-0.25, -0.2) is 0 Å². The van der Waals surface area contributed by atoms with E-state index in [-0.39, 0.29) is 0 Å². The molecule has 0 aromatic carbocycles. The van der Waals surface area contributed by atoms with Gasteiger partial charge in [0.25, 0.3) is 0 Å². The van der Waals surface area contributed by atoms with Crippen LogP contribution >= 0.6 is 0 Å². The SMILES string of the molecule is Cn1cc(CC(=O)CCC2CCNCC2)cn1. The summed E-state index contributed by atoms with van der Waals surface area (Å²) in [6, 6.07) is 0. The summed E-state index contributed by atoms with van der Waals surface area (Å²) in [7, 11) is 1.88. The Kier molecular flexibility index (Phi) is 4.31. The predicted molar refractivity (Wildman–Crippen MR) is 66.7 cm³/mol. The molecule has 4 nitrogen and oxygen atoms in total. The number of carbonyl (C=O) groups excluding carboxylic acids is 1. The highest BCUT2D eigenvalue weighted by Gasteiger charge is 2.14. The number of nitrogens with one attached hydrogen (secondary N) is 1. The second-order valence-corrected chi connectivity index (χ2v) is 4.97. The molecule has 1 aromatic rings. The Morgan fingerprint density at radius 1 is 1.53 bits per heavy atom. The zero-order chi connectivity index (χ0) is 12.1. The summed E-state index contributed by atoms with van der Waals surface area (Å²) in [4.78, 5) is 11.8. The number of carbonyl (C=O) groups is 1. The molecule has 0 spiro atoms. The molecule has 0 bridgehead atoms. The van der Waals surface area contributed by atoms with Crippen molar-refractivity contribution in [3.05, 3.63) is 18.0 Å². The second-order valence-electron chi connectivity index (χ2n) is 4.97. The molecule has 0 unspecified atom stereocenters. The Bertz CT molecular complexity index is 366. The number of aryl methyl sites for hydroxylation is 1. The Labute approximate surface area is 102 Å². The first-order valence-corrected chi connectivity index (χ1v) is 6.44. The van der Waals surface area contributed by atoms with E-state index in [0.717, 1.165) is 37.4 Å². The van der Waals surface area contributed by atoms with Crippen LogP contribution in [0.2, 0.25) is 0 Å². The van der Waals surface area contributed by atoms with E-state index in [1.54, 1.807) is 10.9 Å². The van der Waals surface area contributed by atoms with Gasteiger partial charge in [0.1, 0.15) is 5.78 Å². The maximum atomic E-state index is 11.8. The van der Waals surface area contributed by atoms with Crippen LogP contribution in [0.15, 0.2) is 12.4 Å². The molecule has 1 aromatic heterocycles. The topological polar surface area (TPSA) is 46.9 Å². The van der Waals surface area contributed by atoms with E-state index in [9.17, 15) is 4.79 Å². The van der Waals surface area contributed by atoms with Gasteiger partial charge >= 0.3 is 0 Å². The van der Waals surface area contributed by atoms with Crippen molar-refractivity contribution in [2.75, 3.05) is 13.1 Å². The number of Topliss-reactive ketones (excluding diaryl/α,β-unsaturated/α-hetero) is 1. The summed E-state index contributed by atoms with van der Waals surface area (Å²) >= 11 is 0. The van der Waals surface area contributed by atoms with E-state index in [0.29, 0.717) is 12.2 Å². The van der Waals surface area contributed by atoms with Gasteiger partial charge in [-0.2, -0.15) is 5.10 Å². The quantitative estimate of drug-likeness (QED) is 0.837. The third kappa shape index (κ3) is 3.97. The lowest BCUT2D eigenvalue weighted by Crippen LogP contribution is -2.28. The van der Waals surface area contributed by atoms with E-state index >= 15 is 0 Å². The van der Waals surface area contributed by atoms with E-state index in [1.165, 1.54) is 12.8 Å². The van der Waals surface area contributed by atoms with Crippen LogP contribution in [0, 0.1) is 5.92 Å². The molecular weight excluding hydrogens is 214 g/mol. The number of hydrogen-bond donors (Lipinski definition) is 1. The molecule has 1 fully saturated rings. The van der Waals surface area contributed by atoms with Crippen LogP contribution in [0.1, 0.15) is 31.2 Å². The molecule has 1 N–H and O–H groups in total. The lowest BCUT2D eigenvalue weighted by molar-refractivity contribution is -0.118. The molecule has 4 heteroatoms. The van der Waals surface area contributed by atoms with Crippen LogP contribution in [-0.4, -0.2) is 28.7 Å². The first kappa shape index (κ1) is 12.3. The predicted octanol–water partition coefficient (Wildman–Crippen LogP) is 1.31. The van der Waals surface area contributed by atoms with E-state index in [1.807, 2.05) is 13.2 Å². The smallest absolute Gasteiger partial charge is 0.137 e. The maximum absolute atomic E-state index is 11.8. The first-order chi connectivity index (χ1) is 8.24. The van der Waals surface area contributed by atoms with Crippen LogP contribution in [0.5, 0.6) is 0 Å². The average molecular weight is 235 g/mol. The van der Waals surface area contributed by atoms with E-state index in [2.05, 4.69) is 10.4 Å². The van der Waals surface area contributed by atoms with Crippen molar-refractivity contribution >= 4 is 5.78 Å². The Balaban J connectivity index is 1.70. The molecule has 1 aliphatic heterocycles. The molecule has 17 heavy (non-hydrogen) atoms. The lowest BCUT2D eigenvalue weighted by atomic mass is 9.91. The Morgan fingerprint density at radius 2 is 2.29 bits per heavy atom. The fourth-order valence-electron chi connectivity index (χ4n) is 2.41. The van der Waals surface area contributed by atoms with Crippen LogP contribution in [-0.2, 0) is 18.3 Å². The number of aromatic nitrogens is 2. The van der Waals surface area contributed by atoms with Crippen molar-refractivity contribution in [1.29, 1.82) is 0 Å². The minimum Gasteiger partial charge on any atom is -0.317 e. The Hall–Kier alpha value is -1.16. The third-order valence-electron chi connectivity index (χ3n) is 3.45. The molecule has 1 saturated heterocycles. The monoisotopic (exact) mass is 235 g/mol. The summed E-state index contributed by atoms with van der Waals surface area (Å²) in [6.45, 7) is 2.23. The third-order valence-corrected chi connectivity index (χ3v) is 3.45. The molecule has 2 heterocycles. The molecule has 0 radical (unpaired) electrons. The highest BCUT2D eigenvalue weighted by molar-refractivity contribution is 5.80. The number of ketones is 1. The summed E-state index contributed by atoms with van der Waals surface area (Å²) in [5.74, 6) is 1.09. The first-order valence-electron chi connectivity index (χ1n) is 6.44. The molecule has 0 amide bonds. The summed E-state index contributed by atoms with van der Waals surface area (Å²) in [5.41, 5.74) is 1.03. The average Bonchev–Trinajstić information content (AvgIpc) is 2.73. The zero-order valence-electron chi connectivity index (χ0n) is 10.5. The number of nitrogens with zero attached hydrogens (tertiary/aromatic N) is 2. The molecule has 94 valence electrons. The van der Waals surface area contributed by atoms with Crippen molar-refractivity contribution in [2.24, 2.45) is 13.0 Å². The lowest BCUT2D eigenvalue weighted by Gasteiger charge is -2.21. The Morgan fingerprint density at radius 3 is 2.94 bits per heavy atom. The summed E-state index contributed by atoms with van der Waals surface area (Å²) in [6.07, 6.45) is 8.46. The van der Waals surface area contributed by atoms with Crippen LogP contribution in [0.3, 0.4) is 0 Å². The highest BCUT2D eigenvalue weighted by atomic mass is 16.1. The van der Waals surface area contributed by atoms with Crippen molar-refractivity contribution < 1.29 is 4.79 Å². The van der Waals surface area contributed by atoms with Crippen molar-refractivity contribution in [1.82, 2.24) is 15.1 Å². The number of piperidine rings is 1. The summed E-state index contributed by atoms with van der Waals surface area (Å²) in [5, 5.41) is 7.42. The maximum Gasteiger partial charge on any atom is 0.137 e. The molecular formula is C13H21N3O. The van der Waals surface area contributed by atoms with Gasteiger partial charge in [-0.15, -0.1) is 0 Å². The molecule has 0 atom stereocenters. The van der Waals surface area contributed by atoms with Gasteiger partial charge in [-0.05, 0) is 43.8 Å². The highest BCUT2D eigenvalue weighted by Crippen LogP contribution is 2.18. The zero-order valence-corrected chi connectivity index (χ0v) is 10.5. The molecule has 0 saturated carbocycles. The fourth-order valence-corrected chi connectivity index (χ4v) is 2.41. The molecule has 1 aliphatic rings. The van der Waals surface area contributed by atoms with Crippen LogP contribution in [0.4, 0.5) is 0 Å². The van der Waals surface area contributed by atoms with Crippen LogP contribution < -0.4 is 5.32 Å². The van der Waals surface area contributed by atoms with Crippen molar-refractivity contribution in [3.63, 3.8) is 0 Å². The normalized spacial score (nSPS) is 17.2. The van der Waals surface area contributed by atoms with Gasteiger partial charge in [0.05, 0.1) is 6.20 Å². The van der Waals surface area contributed by atoms with Gasteiger partial charge in [0.15, 0.2) is 0 Å². The number of rotatable bonds is 5. The standard InChI is InChI=1S/C13H21N3O/c1-16-10-12(9-15-16)8-13(17)3-2-11-4-6-14-7-5-11/h9-11,14H,2-8H2,1H3. The second kappa shape index (κ2) is 5.96. The van der Waals surface area contributed by atoms with E-state index in [4.69, 9.17) is 0 Å². The summed E-state index contributed by atoms with van der Waals surface area (Å²) < 4.78 is 1.75. The van der Waals surface area contributed by atoms with Crippen molar-refractivity contribution in [3.8, 4) is 0 Å². The largest absolute Gasteiger partial charge is 0.317 e.